The van der Waals surface area contributed by atoms with Crippen molar-refractivity contribution in [3.63, 3.8) is 0 Å². The van der Waals surface area contributed by atoms with Crippen molar-refractivity contribution in [3.05, 3.63) is 35.6 Å². The third-order valence-electron chi connectivity index (χ3n) is 3.46. The first-order chi connectivity index (χ1) is 6.31. The molecular weight excluding hydrogens is 201 g/mol. The highest BCUT2D eigenvalue weighted by Crippen LogP contribution is 2.56. The van der Waals surface area contributed by atoms with E-state index in [0.29, 0.717) is 5.41 Å². The van der Waals surface area contributed by atoms with Gasteiger partial charge in [-0.05, 0) is 36.6 Å². The predicted octanol–water partition coefficient (Wildman–Crippen LogP) is 2.11. The van der Waals surface area contributed by atoms with Crippen LogP contribution in [-0.4, -0.2) is 13.1 Å². The molecule has 3 rings (SSSR count). The van der Waals surface area contributed by atoms with Crippen LogP contribution in [0.3, 0.4) is 0 Å². The molecule has 1 saturated carbocycles. The minimum atomic E-state index is -0.107. The highest BCUT2D eigenvalue weighted by Gasteiger charge is 2.57. The molecule has 1 aliphatic carbocycles. The molecule has 1 heterocycles. The van der Waals surface area contributed by atoms with E-state index in [4.69, 9.17) is 0 Å². The third-order valence-corrected chi connectivity index (χ3v) is 3.46. The molecule has 0 bridgehead atoms. The van der Waals surface area contributed by atoms with Crippen molar-refractivity contribution in [1.82, 2.24) is 5.32 Å². The van der Waals surface area contributed by atoms with Gasteiger partial charge in [0.15, 0.2) is 0 Å². The molecule has 1 aromatic rings. The van der Waals surface area contributed by atoms with Gasteiger partial charge in [0.2, 0.25) is 0 Å². The minimum absolute atomic E-state index is 0. The van der Waals surface area contributed by atoms with Crippen LogP contribution in [0.1, 0.15) is 12.0 Å². The lowest BCUT2D eigenvalue weighted by atomic mass is 9.95. The molecule has 1 aliphatic heterocycles. The number of fused-ring (bicyclic) bond motifs is 1. The summed E-state index contributed by atoms with van der Waals surface area (Å²) in [6.45, 7) is 2.14. The Morgan fingerprint density at radius 2 is 2.29 bits per heavy atom. The van der Waals surface area contributed by atoms with Gasteiger partial charge in [-0.15, -0.1) is 12.4 Å². The van der Waals surface area contributed by atoms with E-state index in [-0.39, 0.29) is 18.2 Å². The average molecular weight is 214 g/mol. The molecule has 1 N–H and O–H groups in total. The molecule has 2 fully saturated rings. The maximum absolute atomic E-state index is 13.0. The summed E-state index contributed by atoms with van der Waals surface area (Å²) in [5.41, 5.74) is 1.48. The summed E-state index contributed by atoms with van der Waals surface area (Å²) < 4.78 is 13.0. The number of hydrogen-bond donors (Lipinski definition) is 1. The zero-order valence-electron chi connectivity index (χ0n) is 7.79. The smallest absolute Gasteiger partial charge is 0.123 e. The number of piperidine rings is 1. The summed E-state index contributed by atoms with van der Waals surface area (Å²) in [7, 11) is 0. The quantitative estimate of drug-likeness (QED) is 0.754. The van der Waals surface area contributed by atoms with E-state index in [1.807, 2.05) is 6.07 Å². The minimum Gasteiger partial charge on any atom is -0.316 e. The lowest BCUT2D eigenvalue weighted by Crippen LogP contribution is -2.19. The Bertz CT molecular complexity index is 355. The van der Waals surface area contributed by atoms with E-state index in [2.05, 4.69) is 11.4 Å². The second kappa shape index (κ2) is 3.21. The molecule has 0 aromatic heterocycles. The van der Waals surface area contributed by atoms with Crippen molar-refractivity contribution in [2.45, 2.75) is 11.8 Å². The molecule has 2 aliphatic rings. The Morgan fingerprint density at radius 1 is 1.43 bits per heavy atom. The Labute approximate surface area is 89.1 Å². The Balaban J connectivity index is 0.000000750. The lowest BCUT2D eigenvalue weighted by molar-refractivity contribution is 0.614. The maximum atomic E-state index is 13.0. The van der Waals surface area contributed by atoms with E-state index in [1.165, 1.54) is 18.1 Å². The Kier molecular flexibility index (Phi) is 2.28. The first kappa shape index (κ1) is 9.94. The van der Waals surface area contributed by atoms with Crippen LogP contribution < -0.4 is 5.32 Å². The molecule has 14 heavy (non-hydrogen) atoms. The molecule has 76 valence electrons. The van der Waals surface area contributed by atoms with E-state index >= 15 is 0 Å². The number of benzene rings is 1. The van der Waals surface area contributed by atoms with Gasteiger partial charge in [-0.1, -0.05) is 12.1 Å². The monoisotopic (exact) mass is 213 g/mol. The van der Waals surface area contributed by atoms with Crippen molar-refractivity contribution in [2.24, 2.45) is 5.92 Å². The van der Waals surface area contributed by atoms with Crippen LogP contribution in [0.25, 0.3) is 0 Å². The van der Waals surface area contributed by atoms with Crippen LogP contribution in [0.5, 0.6) is 0 Å². The molecule has 2 unspecified atom stereocenters. The summed E-state index contributed by atoms with van der Waals surface area (Å²) in [6, 6.07) is 7.07. The van der Waals surface area contributed by atoms with Crippen molar-refractivity contribution in [1.29, 1.82) is 0 Å². The predicted molar refractivity (Wildman–Crippen MR) is 56.3 cm³/mol. The van der Waals surface area contributed by atoms with Crippen molar-refractivity contribution in [3.8, 4) is 0 Å². The van der Waals surface area contributed by atoms with Crippen LogP contribution in [0.4, 0.5) is 4.39 Å². The second-order valence-corrected chi connectivity index (χ2v) is 4.20. The topological polar surface area (TPSA) is 12.0 Å². The average Bonchev–Trinajstić information content (AvgIpc) is 2.70. The summed E-state index contributed by atoms with van der Waals surface area (Å²) in [4.78, 5) is 0. The number of halogens is 2. The molecule has 1 nitrogen and oxygen atoms in total. The van der Waals surface area contributed by atoms with Crippen LogP contribution in [-0.2, 0) is 5.41 Å². The van der Waals surface area contributed by atoms with Gasteiger partial charge in [0, 0.05) is 12.0 Å². The Hall–Kier alpha value is -0.600. The first-order valence-electron chi connectivity index (χ1n) is 4.78. The van der Waals surface area contributed by atoms with Gasteiger partial charge in [-0.25, -0.2) is 4.39 Å². The van der Waals surface area contributed by atoms with Crippen LogP contribution in [0.2, 0.25) is 0 Å². The number of hydrogen-bond acceptors (Lipinski definition) is 1. The molecular formula is C11H13ClFN. The van der Waals surface area contributed by atoms with Gasteiger partial charge in [0.1, 0.15) is 5.82 Å². The fourth-order valence-electron chi connectivity index (χ4n) is 2.59. The van der Waals surface area contributed by atoms with Crippen LogP contribution >= 0.6 is 12.4 Å². The summed E-state index contributed by atoms with van der Waals surface area (Å²) in [6.07, 6.45) is 1.24. The third kappa shape index (κ3) is 1.25. The maximum Gasteiger partial charge on any atom is 0.123 e. The largest absolute Gasteiger partial charge is 0.316 e. The Morgan fingerprint density at radius 3 is 2.86 bits per heavy atom. The molecule has 3 heteroatoms. The van der Waals surface area contributed by atoms with Gasteiger partial charge < -0.3 is 5.32 Å². The zero-order valence-corrected chi connectivity index (χ0v) is 8.61. The second-order valence-electron chi connectivity index (χ2n) is 4.20. The van der Waals surface area contributed by atoms with Gasteiger partial charge in [-0.3, -0.25) is 0 Å². The van der Waals surface area contributed by atoms with Gasteiger partial charge in [0.05, 0.1) is 0 Å². The number of nitrogens with one attached hydrogen (secondary N) is 1. The van der Waals surface area contributed by atoms with Crippen LogP contribution in [0, 0.1) is 11.7 Å². The zero-order chi connectivity index (χ0) is 8.89. The van der Waals surface area contributed by atoms with Crippen molar-refractivity contribution < 1.29 is 4.39 Å². The van der Waals surface area contributed by atoms with Gasteiger partial charge >= 0.3 is 0 Å². The highest BCUT2D eigenvalue weighted by molar-refractivity contribution is 5.85. The van der Waals surface area contributed by atoms with Crippen LogP contribution in [0.15, 0.2) is 24.3 Å². The van der Waals surface area contributed by atoms with E-state index in [1.54, 1.807) is 6.07 Å². The van der Waals surface area contributed by atoms with E-state index in [0.717, 1.165) is 19.0 Å². The van der Waals surface area contributed by atoms with E-state index < -0.39 is 0 Å². The lowest BCUT2D eigenvalue weighted by Gasteiger charge is -2.11. The molecule has 0 amide bonds. The highest BCUT2D eigenvalue weighted by atomic mass is 35.5. The molecule has 2 atom stereocenters. The molecule has 1 aromatic carbocycles. The van der Waals surface area contributed by atoms with Gasteiger partial charge in [-0.2, -0.15) is 0 Å². The SMILES string of the molecule is Cl.Fc1cccc(C23CNCC2C3)c1. The fourth-order valence-corrected chi connectivity index (χ4v) is 2.59. The standard InChI is InChI=1S/C11H12FN.ClH/c12-10-3-1-2-8(4-10)11-5-9(11)6-13-7-11;/h1-4,9,13H,5-7H2;1H. The van der Waals surface area contributed by atoms with Gasteiger partial charge in [0.25, 0.3) is 0 Å². The summed E-state index contributed by atoms with van der Waals surface area (Å²) >= 11 is 0. The fraction of sp³-hybridized carbons (Fsp3) is 0.455. The molecule has 0 radical (unpaired) electrons. The van der Waals surface area contributed by atoms with Crippen molar-refractivity contribution in [2.75, 3.05) is 13.1 Å². The molecule has 1 saturated heterocycles. The normalized spacial score (nSPS) is 33.4. The van der Waals surface area contributed by atoms with Crippen molar-refractivity contribution >= 4 is 12.4 Å². The first-order valence-corrected chi connectivity index (χ1v) is 4.78. The number of rotatable bonds is 1. The molecule has 0 spiro atoms. The summed E-state index contributed by atoms with van der Waals surface area (Å²) in [5, 5.41) is 3.36. The summed E-state index contributed by atoms with van der Waals surface area (Å²) in [5.74, 6) is 0.652. The van der Waals surface area contributed by atoms with E-state index in [9.17, 15) is 4.39 Å².